The fraction of sp³-hybridized carbons (Fsp3) is 0.192. The summed E-state index contributed by atoms with van der Waals surface area (Å²) in [4.78, 5) is 24.1. The minimum absolute atomic E-state index is 0.176. The van der Waals surface area contributed by atoms with Crippen molar-refractivity contribution in [2.45, 2.75) is 19.8 Å². The second-order valence-corrected chi connectivity index (χ2v) is 7.60. The van der Waals surface area contributed by atoms with E-state index in [-0.39, 0.29) is 12.2 Å². The number of amides is 1. The lowest BCUT2D eigenvalue weighted by molar-refractivity contribution is -0.123. The van der Waals surface area contributed by atoms with Crippen LogP contribution in [-0.4, -0.2) is 31.3 Å². The van der Waals surface area contributed by atoms with E-state index < -0.39 is 11.9 Å². The van der Waals surface area contributed by atoms with Crippen molar-refractivity contribution in [2.24, 2.45) is 5.10 Å². The third kappa shape index (κ3) is 7.94. The van der Waals surface area contributed by atoms with Gasteiger partial charge in [-0.05, 0) is 72.6 Å². The van der Waals surface area contributed by atoms with Gasteiger partial charge in [-0.25, -0.2) is 10.2 Å². The number of unbranched alkanes of at least 4 members (excludes halogenated alkanes) is 1. The summed E-state index contributed by atoms with van der Waals surface area (Å²) >= 11 is 6.01. The Balaban J connectivity index is 1.41. The Hall–Kier alpha value is -3.84. The van der Waals surface area contributed by atoms with Gasteiger partial charge in [0.15, 0.2) is 6.61 Å². The number of ether oxygens (including phenoxy) is 3. The summed E-state index contributed by atoms with van der Waals surface area (Å²) in [5.41, 5.74) is 3.40. The zero-order chi connectivity index (χ0) is 24.2. The molecule has 3 aromatic rings. The zero-order valence-electron chi connectivity index (χ0n) is 18.7. The third-order valence-corrected chi connectivity index (χ3v) is 4.88. The number of hydrogen-bond acceptors (Lipinski definition) is 6. The standard InChI is InChI=1S/C26H25ClN2O5/c1-2-3-16-32-20-12-14-21(15-13-20)33-18-25(30)29-28-17-19-8-10-22(11-9-19)34-26(31)23-6-4-5-7-24(23)27/h4-15,17H,2-3,16,18H2,1H3,(H,29,30). The summed E-state index contributed by atoms with van der Waals surface area (Å²) in [5.74, 6) is 0.743. The normalized spacial score (nSPS) is 10.6. The van der Waals surface area contributed by atoms with E-state index in [2.05, 4.69) is 17.5 Å². The number of nitrogens with zero attached hydrogens (tertiary/aromatic N) is 1. The molecule has 0 aromatic heterocycles. The van der Waals surface area contributed by atoms with Crippen LogP contribution in [0, 0.1) is 0 Å². The average Bonchev–Trinajstić information content (AvgIpc) is 2.85. The van der Waals surface area contributed by atoms with Crippen LogP contribution in [0.15, 0.2) is 77.9 Å². The van der Waals surface area contributed by atoms with Gasteiger partial charge in [0.25, 0.3) is 5.91 Å². The number of nitrogens with one attached hydrogen (secondary N) is 1. The van der Waals surface area contributed by atoms with Crippen molar-refractivity contribution < 1.29 is 23.8 Å². The molecule has 0 saturated heterocycles. The van der Waals surface area contributed by atoms with Crippen LogP contribution in [0.4, 0.5) is 0 Å². The summed E-state index contributed by atoms with van der Waals surface area (Å²) < 4.78 is 16.4. The summed E-state index contributed by atoms with van der Waals surface area (Å²) in [6.07, 6.45) is 3.55. The first-order valence-electron chi connectivity index (χ1n) is 10.8. The number of hydrogen-bond donors (Lipinski definition) is 1. The molecule has 176 valence electrons. The molecule has 0 unspecified atom stereocenters. The molecule has 0 saturated carbocycles. The Morgan fingerprint density at radius 2 is 1.56 bits per heavy atom. The highest BCUT2D eigenvalue weighted by atomic mass is 35.5. The topological polar surface area (TPSA) is 86.2 Å². The fourth-order valence-electron chi connectivity index (χ4n) is 2.74. The van der Waals surface area contributed by atoms with Crippen LogP contribution in [0.25, 0.3) is 0 Å². The number of esters is 1. The van der Waals surface area contributed by atoms with Crippen LogP contribution in [0.2, 0.25) is 5.02 Å². The van der Waals surface area contributed by atoms with Crippen molar-refractivity contribution >= 4 is 29.7 Å². The Labute approximate surface area is 203 Å². The first kappa shape index (κ1) is 24.8. The molecular formula is C26H25ClN2O5. The van der Waals surface area contributed by atoms with Gasteiger partial charge in [0.1, 0.15) is 17.2 Å². The number of rotatable bonds is 11. The number of benzene rings is 3. The first-order chi connectivity index (χ1) is 16.5. The molecule has 7 nitrogen and oxygen atoms in total. The highest BCUT2D eigenvalue weighted by Gasteiger charge is 2.12. The van der Waals surface area contributed by atoms with Crippen molar-refractivity contribution in [1.82, 2.24) is 5.43 Å². The third-order valence-electron chi connectivity index (χ3n) is 4.55. The summed E-state index contributed by atoms with van der Waals surface area (Å²) in [5, 5.41) is 4.23. The lowest BCUT2D eigenvalue weighted by atomic mass is 10.2. The molecular weight excluding hydrogens is 456 g/mol. The van der Waals surface area contributed by atoms with Crippen LogP contribution >= 0.6 is 11.6 Å². The molecule has 1 N–H and O–H groups in total. The van der Waals surface area contributed by atoms with Gasteiger partial charge in [0, 0.05) is 0 Å². The van der Waals surface area contributed by atoms with Gasteiger partial charge in [-0.15, -0.1) is 0 Å². The monoisotopic (exact) mass is 480 g/mol. The van der Waals surface area contributed by atoms with Gasteiger partial charge in [0.2, 0.25) is 0 Å². The minimum Gasteiger partial charge on any atom is -0.494 e. The molecule has 0 bridgehead atoms. The molecule has 34 heavy (non-hydrogen) atoms. The maximum Gasteiger partial charge on any atom is 0.345 e. The molecule has 3 rings (SSSR count). The molecule has 0 heterocycles. The Morgan fingerprint density at radius 1 is 0.912 bits per heavy atom. The smallest absolute Gasteiger partial charge is 0.345 e. The molecule has 0 aliphatic carbocycles. The molecule has 0 atom stereocenters. The highest BCUT2D eigenvalue weighted by Crippen LogP contribution is 2.19. The number of carbonyl (C=O) groups excluding carboxylic acids is 2. The van der Waals surface area contributed by atoms with Crippen LogP contribution in [-0.2, 0) is 4.79 Å². The van der Waals surface area contributed by atoms with E-state index in [0.29, 0.717) is 28.7 Å². The van der Waals surface area contributed by atoms with Crippen LogP contribution < -0.4 is 19.6 Å². The summed E-state index contributed by atoms with van der Waals surface area (Å²) in [6.45, 7) is 2.60. The quantitative estimate of drug-likeness (QED) is 0.133. The van der Waals surface area contributed by atoms with E-state index in [9.17, 15) is 9.59 Å². The molecule has 0 aliphatic heterocycles. The van der Waals surface area contributed by atoms with Gasteiger partial charge in [0.05, 0.1) is 23.4 Å². The van der Waals surface area contributed by atoms with E-state index >= 15 is 0 Å². The average molecular weight is 481 g/mol. The summed E-state index contributed by atoms with van der Waals surface area (Å²) in [6, 6.07) is 20.4. The van der Waals surface area contributed by atoms with Gasteiger partial charge in [-0.3, -0.25) is 4.79 Å². The Kier molecular flexibility index (Phi) is 9.49. The van der Waals surface area contributed by atoms with E-state index in [1.54, 1.807) is 72.8 Å². The van der Waals surface area contributed by atoms with Gasteiger partial charge < -0.3 is 14.2 Å². The van der Waals surface area contributed by atoms with Crippen LogP contribution in [0.5, 0.6) is 17.2 Å². The Morgan fingerprint density at radius 3 is 2.24 bits per heavy atom. The minimum atomic E-state index is -0.544. The lowest BCUT2D eigenvalue weighted by Gasteiger charge is -2.08. The van der Waals surface area contributed by atoms with Gasteiger partial charge in [-0.1, -0.05) is 37.1 Å². The van der Waals surface area contributed by atoms with Gasteiger partial charge in [-0.2, -0.15) is 5.10 Å². The predicted octanol–water partition coefficient (Wildman–Crippen LogP) is 5.27. The fourth-order valence-corrected chi connectivity index (χ4v) is 2.95. The van der Waals surface area contributed by atoms with E-state index in [1.165, 1.54) is 6.21 Å². The largest absolute Gasteiger partial charge is 0.494 e. The van der Waals surface area contributed by atoms with Crippen molar-refractivity contribution in [3.63, 3.8) is 0 Å². The first-order valence-corrected chi connectivity index (χ1v) is 11.2. The summed E-state index contributed by atoms with van der Waals surface area (Å²) in [7, 11) is 0. The lowest BCUT2D eigenvalue weighted by Crippen LogP contribution is -2.24. The zero-order valence-corrected chi connectivity index (χ0v) is 19.5. The molecule has 0 spiro atoms. The van der Waals surface area contributed by atoms with Crippen LogP contribution in [0.1, 0.15) is 35.7 Å². The molecule has 0 aliphatic rings. The number of hydrazone groups is 1. The van der Waals surface area contributed by atoms with E-state index in [4.69, 9.17) is 25.8 Å². The van der Waals surface area contributed by atoms with Crippen molar-refractivity contribution in [3.8, 4) is 17.2 Å². The highest BCUT2D eigenvalue weighted by molar-refractivity contribution is 6.33. The number of halogens is 1. The SMILES string of the molecule is CCCCOc1ccc(OCC(=O)NN=Cc2ccc(OC(=O)c3ccccc3Cl)cc2)cc1. The maximum atomic E-state index is 12.2. The molecule has 3 aromatic carbocycles. The Bertz CT molecular complexity index is 1110. The van der Waals surface area contributed by atoms with Crippen molar-refractivity contribution in [2.75, 3.05) is 13.2 Å². The van der Waals surface area contributed by atoms with Crippen molar-refractivity contribution in [1.29, 1.82) is 0 Å². The molecule has 1 amide bonds. The second kappa shape index (κ2) is 13.0. The predicted molar refractivity (Wildman–Crippen MR) is 131 cm³/mol. The second-order valence-electron chi connectivity index (χ2n) is 7.19. The molecule has 0 fully saturated rings. The van der Waals surface area contributed by atoms with Crippen molar-refractivity contribution in [3.05, 3.63) is 88.9 Å². The number of carbonyl (C=O) groups is 2. The maximum absolute atomic E-state index is 12.2. The molecule has 0 radical (unpaired) electrons. The van der Waals surface area contributed by atoms with E-state index in [0.717, 1.165) is 18.6 Å². The van der Waals surface area contributed by atoms with Gasteiger partial charge >= 0.3 is 5.97 Å². The van der Waals surface area contributed by atoms with E-state index in [1.807, 2.05) is 0 Å². The molecule has 8 heteroatoms. The van der Waals surface area contributed by atoms with Crippen LogP contribution in [0.3, 0.4) is 0 Å².